The highest BCUT2D eigenvalue weighted by Gasteiger charge is 2.37. The fourth-order valence-electron chi connectivity index (χ4n) is 4.60. The Bertz CT molecular complexity index is 756. The van der Waals surface area contributed by atoms with Gasteiger partial charge in [0.15, 0.2) is 0 Å². The largest absolute Gasteiger partial charge is 0.385 e. The van der Waals surface area contributed by atoms with Gasteiger partial charge in [0.05, 0.1) is 11.0 Å². The predicted molar refractivity (Wildman–Crippen MR) is 116 cm³/mol. The number of nitro benzene ring substituents is 1. The van der Waals surface area contributed by atoms with Gasteiger partial charge >= 0.3 is 0 Å². The highest BCUT2D eigenvalue weighted by molar-refractivity contribution is 5.94. The van der Waals surface area contributed by atoms with Crippen LogP contribution in [0.15, 0.2) is 24.3 Å². The second-order valence-corrected chi connectivity index (χ2v) is 8.26. The minimum absolute atomic E-state index is 0.0303. The molecule has 1 N–H and O–H groups in total. The number of nitro groups is 1. The van der Waals surface area contributed by atoms with Gasteiger partial charge in [0.1, 0.15) is 0 Å². The number of nitrogens with one attached hydrogen (secondary N) is 1. The Morgan fingerprint density at radius 2 is 1.81 bits per heavy atom. The fourth-order valence-corrected chi connectivity index (χ4v) is 4.60. The van der Waals surface area contributed by atoms with Crippen molar-refractivity contribution in [3.8, 4) is 0 Å². The van der Waals surface area contributed by atoms with Gasteiger partial charge < -0.3 is 15.0 Å². The van der Waals surface area contributed by atoms with E-state index in [1.165, 1.54) is 24.3 Å². The minimum Gasteiger partial charge on any atom is -0.385 e. The quantitative estimate of drug-likeness (QED) is 0.364. The zero-order valence-electron chi connectivity index (χ0n) is 18.1. The lowest BCUT2D eigenvalue weighted by molar-refractivity contribution is -0.384. The molecule has 9 nitrogen and oxygen atoms in total. The number of nitrogens with zero attached hydrogens (tertiary/aromatic N) is 3. The van der Waals surface area contributed by atoms with E-state index in [4.69, 9.17) is 4.74 Å². The van der Waals surface area contributed by atoms with E-state index in [2.05, 4.69) is 10.2 Å². The molecule has 1 aromatic carbocycles. The molecular weight excluding hydrogens is 400 g/mol. The zero-order valence-corrected chi connectivity index (χ0v) is 18.1. The average molecular weight is 433 g/mol. The summed E-state index contributed by atoms with van der Waals surface area (Å²) < 4.78 is 5.06. The molecule has 2 fully saturated rings. The number of rotatable bonds is 9. The number of benzene rings is 1. The van der Waals surface area contributed by atoms with Gasteiger partial charge in [-0.05, 0) is 37.3 Å². The molecule has 1 saturated heterocycles. The molecule has 0 unspecified atom stereocenters. The van der Waals surface area contributed by atoms with Crippen molar-refractivity contribution in [2.24, 2.45) is 5.92 Å². The lowest BCUT2D eigenvalue weighted by atomic mass is 9.95. The maximum atomic E-state index is 13.0. The molecule has 31 heavy (non-hydrogen) atoms. The number of piperazine rings is 1. The first-order chi connectivity index (χ1) is 15.0. The second-order valence-electron chi connectivity index (χ2n) is 8.26. The molecule has 1 atom stereocenters. The molecule has 3 rings (SSSR count). The zero-order chi connectivity index (χ0) is 22.2. The third-order valence-corrected chi connectivity index (χ3v) is 6.26. The van der Waals surface area contributed by atoms with Crippen molar-refractivity contribution in [3.05, 3.63) is 39.9 Å². The van der Waals surface area contributed by atoms with E-state index in [9.17, 15) is 19.7 Å². The van der Waals surface area contributed by atoms with Gasteiger partial charge in [0.2, 0.25) is 5.91 Å². The first kappa shape index (κ1) is 23.1. The van der Waals surface area contributed by atoms with Crippen LogP contribution < -0.4 is 5.32 Å². The summed E-state index contributed by atoms with van der Waals surface area (Å²) in [6.45, 7) is 3.59. The smallest absolute Gasteiger partial charge is 0.269 e. The monoisotopic (exact) mass is 432 g/mol. The van der Waals surface area contributed by atoms with Crippen molar-refractivity contribution >= 4 is 17.5 Å². The highest BCUT2D eigenvalue weighted by Crippen LogP contribution is 2.31. The van der Waals surface area contributed by atoms with Gasteiger partial charge in [-0.2, -0.15) is 0 Å². The molecule has 170 valence electrons. The number of carbonyl (C=O) groups excluding carboxylic acids is 2. The maximum absolute atomic E-state index is 13.0. The maximum Gasteiger partial charge on any atom is 0.269 e. The van der Waals surface area contributed by atoms with E-state index in [0.29, 0.717) is 50.8 Å². The van der Waals surface area contributed by atoms with Crippen molar-refractivity contribution in [1.82, 2.24) is 15.1 Å². The molecule has 2 amide bonds. The number of ether oxygens (including phenoxy) is 1. The summed E-state index contributed by atoms with van der Waals surface area (Å²) in [6, 6.07) is 5.56. The molecule has 1 heterocycles. The number of methoxy groups -OCH3 is 1. The Hall–Kier alpha value is -2.52. The molecule has 0 bridgehead atoms. The standard InChI is InChI=1S/C22H32N4O5/c1-31-16-4-11-23-21(27)20(17-5-2-3-6-17)24-12-14-25(15-13-24)22(28)18-7-9-19(10-8-18)26(29)30/h7-10,17,20H,2-6,11-16H2,1H3,(H,23,27)/t20-/m1/s1. The van der Waals surface area contributed by atoms with E-state index in [0.717, 1.165) is 32.1 Å². The van der Waals surface area contributed by atoms with Crippen LogP contribution in [-0.4, -0.2) is 79.0 Å². The van der Waals surface area contributed by atoms with E-state index in [1.807, 2.05) is 0 Å². The first-order valence-corrected chi connectivity index (χ1v) is 11.1. The molecule has 2 aliphatic rings. The summed E-state index contributed by atoms with van der Waals surface area (Å²) >= 11 is 0. The number of non-ortho nitro benzene ring substituents is 1. The first-order valence-electron chi connectivity index (χ1n) is 11.1. The van der Waals surface area contributed by atoms with Crippen molar-refractivity contribution in [3.63, 3.8) is 0 Å². The second kappa shape index (κ2) is 11.2. The predicted octanol–water partition coefficient (Wildman–Crippen LogP) is 2.06. The summed E-state index contributed by atoms with van der Waals surface area (Å²) in [5, 5.41) is 13.9. The number of hydrogen-bond acceptors (Lipinski definition) is 6. The lowest BCUT2D eigenvalue weighted by Crippen LogP contribution is -2.58. The Labute approximate surface area is 182 Å². The van der Waals surface area contributed by atoms with Gasteiger partial charge in [-0.3, -0.25) is 24.6 Å². The van der Waals surface area contributed by atoms with Crippen LogP contribution in [0.25, 0.3) is 0 Å². The fraction of sp³-hybridized carbons (Fsp3) is 0.636. The van der Waals surface area contributed by atoms with E-state index in [-0.39, 0.29) is 23.5 Å². The third-order valence-electron chi connectivity index (χ3n) is 6.26. The van der Waals surface area contributed by atoms with Crippen LogP contribution in [0.4, 0.5) is 5.69 Å². The Morgan fingerprint density at radius 1 is 1.16 bits per heavy atom. The van der Waals surface area contributed by atoms with Crippen LogP contribution >= 0.6 is 0 Å². The van der Waals surface area contributed by atoms with Crippen LogP contribution in [-0.2, 0) is 9.53 Å². The minimum atomic E-state index is -0.476. The van der Waals surface area contributed by atoms with Gasteiger partial charge in [-0.15, -0.1) is 0 Å². The molecular formula is C22H32N4O5. The third kappa shape index (κ3) is 6.01. The molecule has 1 aromatic rings. The lowest BCUT2D eigenvalue weighted by Gasteiger charge is -2.40. The SMILES string of the molecule is COCCCNC(=O)[C@@H](C1CCCC1)N1CCN(C(=O)c2ccc([N+](=O)[O-])cc2)CC1. The number of carbonyl (C=O) groups is 2. The van der Waals surface area contributed by atoms with Crippen molar-refractivity contribution < 1.29 is 19.2 Å². The molecule has 0 aromatic heterocycles. The van der Waals surface area contributed by atoms with Gasteiger partial charge in [-0.25, -0.2) is 0 Å². The Balaban J connectivity index is 1.58. The summed E-state index contributed by atoms with van der Waals surface area (Å²) in [5.41, 5.74) is 0.416. The summed E-state index contributed by atoms with van der Waals surface area (Å²) in [4.78, 5) is 40.1. The summed E-state index contributed by atoms with van der Waals surface area (Å²) in [5.74, 6) is 0.313. The average Bonchev–Trinajstić information content (AvgIpc) is 3.31. The van der Waals surface area contributed by atoms with E-state index in [1.54, 1.807) is 12.0 Å². The van der Waals surface area contributed by atoms with E-state index < -0.39 is 4.92 Å². The van der Waals surface area contributed by atoms with Crippen molar-refractivity contribution in [2.45, 2.75) is 38.1 Å². The topological polar surface area (TPSA) is 105 Å². The van der Waals surface area contributed by atoms with Crippen LogP contribution in [0.2, 0.25) is 0 Å². The number of amides is 2. The molecule has 0 spiro atoms. The molecule has 9 heteroatoms. The van der Waals surface area contributed by atoms with Gasteiger partial charge in [0.25, 0.3) is 11.6 Å². The Kier molecular flexibility index (Phi) is 8.36. The van der Waals surface area contributed by atoms with Crippen LogP contribution in [0.1, 0.15) is 42.5 Å². The molecule has 0 radical (unpaired) electrons. The molecule has 1 aliphatic carbocycles. The highest BCUT2D eigenvalue weighted by atomic mass is 16.6. The normalized spacial score (nSPS) is 18.7. The summed E-state index contributed by atoms with van der Waals surface area (Å²) in [7, 11) is 1.65. The van der Waals surface area contributed by atoms with Crippen molar-refractivity contribution in [2.75, 3.05) is 46.4 Å². The Morgan fingerprint density at radius 3 is 2.39 bits per heavy atom. The van der Waals surface area contributed by atoms with Gasteiger partial charge in [0, 0.05) is 64.1 Å². The van der Waals surface area contributed by atoms with Crippen molar-refractivity contribution in [1.29, 1.82) is 0 Å². The van der Waals surface area contributed by atoms with Crippen LogP contribution in [0, 0.1) is 16.0 Å². The number of hydrogen-bond donors (Lipinski definition) is 1. The van der Waals surface area contributed by atoms with E-state index >= 15 is 0 Å². The van der Waals surface area contributed by atoms with Crippen LogP contribution in [0.3, 0.4) is 0 Å². The summed E-state index contributed by atoms with van der Waals surface area (Å²) in [6.07, 6.45) is 5.25. The molecule has 1 aliphatic heterocycles. The van der Waals surface area contributed by atoms with Gasteiger partial charge in [-0.1, -0.05) is 12.8 Å². The molecule has 1 saturated carbocycles. The van der Waals surface area contributed by atoms with Crippen LogP contribution in [0.5, 0.6) is 0 Å².